The van der Waals surface area contributed by atoms with E-state index in [0.717, 1.165) is 18.5 Å². The van der Waals surface area contributed by atoms with Gasteiger partial charge in [-0.05, 0) is 43.7 Å². The van der Waals surface area contributed by atoms with E-state index in [1.807, 2.05) is 13.8 Å². The van der Waals surface area contributed by atoms with E-state index in [4.69, 9.17) is 9.84 Å². The standard InChI is InChI=1S/C13H20FNO2/c1-3-15-12(9-16)6-7-17-13-5-4-11(14)8-10(13)2/h4-5,8,12,15-16H,3,6-7,9H2,1-2H3. The Morgan fingerprint density at radius 1 is 1.47 bits per heavy atom. The van der Waals surface area contributed by atoms with Crippen molar-refractivity contribution in [2.24, 2.45) is 0 Å². The zero-order valence-electron chi connectivity index (χ0n) is 10.4. The summed E-state index contributed by atoms with van der Waals surface area (Å²) in [6.45, 7) is 5.23. The Kier molecular flexibility index (Phi) is 5.94. The largest absolute Gasteiger partial charge is 0.493 e. The van der Waals surface area contributed by atoms with Crippen LogP contribution < -0.4 is 10.1 Å². The Labute approximate surface area is 102 Å². The Bertz CT molecular complexity index is 344. The summed E-state index contributed by atoms with van der Waals surface area (Å²) in [7, 11) is 0. The fourth-order valence-electron chi connectivity index (χ4n) is 1.63. The lowest BCUT2D eigenvalue weighted by Crippen LogP contribution is -2.33. The molecule has 0 spiro atoms. The summed E-state index contributed by atoms with van der Waals surface area (Å²) in [6.07, 6.45) is 0.723. The molecule has 0 fully saturated rings. The van der Waals surface area contributed by atoms with E-state index in [0.29, 0.717) is 12.4 Å². The molecule has 0 saturated heterocycles. The van der Waals surface area contributed by atoms with Crippen LogP contribution >= 0.6 is 0 Å². The fourth-order valence-corrected chi connectivity index (χ4v) is 1.63. The number of benzene rings is 1. The second-order valence-corrected chi connectivity index (χ2v) is 3.98. The highest BCUT2D eigenvalue weighted by atomic mass is 19.1. The first kappa shape index (κ1) is 13.9. The van der Waals surface area contributed by atoms with Crippen LogP contribution in [0.4, 0.5) is 4.39 Å². The van der Waals surface area contributed by atoms with Gasteiger partial charge in [0.1, 0.15) is 11.6 Å². The van der Waals surface area contributed by atoms with E-state index >= 15 is 0 Å². The zero-order chi connectivity index (χ0) is 12.7. The summed E-state index contributed by atoms with van der Waals surface area (Å²) in [4.78, 5) is 0. The molecule has 0 bridgehead atoms. The highest BCUT2D eigenvalue weighted by Crippen LogP contribution is 2.18. The van der Waals surface area contributed by atoms with Crippen molar-refractivity contribution in [1.29, 1.82) is 0 Å². The SMILES string of the molecule is CCNC(CO)CCOc1ccc(F)cc1C. The van der Waals surface area contributed by atoms with Gasteiger partial charge in [-0.15, -0.1) is 0 Å². The Balaban J connectivity index is 2.39. The summed E-state index contributed by atoms with van der Waals surface area (Å²) in [5, 5.41) is 12.2. The third kappa shape index (κ3) is 4.71. The van der Waals surface area contributed by atoms with Gasteiger partial charge in [0, 0.05) is 6.04 Å². The zero-order valence-corrected chi connectivity index (χ0v) is 10.4. The molecule has 17 heavy (non-hydrogen) atoms. The lowest BCUT2D eigenvalue weighted by atomic mass is 10.2. The molecule has 0 aliphatic carbocycles. The highest BCUT2D eigenvalue weighted by molar-refractivity contribution is 5.32. The monoisotopic (exact) mass is 241 g/mol. The van der Waals surface area contributed by atoms with Gasteiger partial charge in [-0.25, -0.2) is 4.39 Å². The quantitative estimate of drug-likeness (QED) is 0.765. The number of rotatable bonds is 7. The molecule has 1 atom stereocenters. The van der Waals surface area contributed by atoms with E-state index in [1.54, 1.807) is 6.07 Å². The van der Waals surface area contributed by atoms with E-state index in [1.165, 1.54) is 12.1 Å². The average molecular weight is 241 g/mol. The normalized spacial score (nSPS) is 12.5. The summed E-state index contributed by atoms with van der Waals surface area (Å²) < 4.78 is 18.4. The molecule has 3 nitrogen and oxygen atoms in total. The molecule has 0 radical (unpaired) electrons. The third-order valence-corrected chi connectivity index (χ3v) is 2.57. The summed E-state index contributed by atoms with van der Waals surface area (Å²) in [5.74, 6) is 0.440. The summed E-state index contributed by atoms with van der Waals surface area (Å²) >= 11 is 0. The topological polar surface area (TPSA) is 41.5 Å². The lowest BCUT2D eigenvalue weighted by Gasteiger charge is -2.16. The third-order valence-electron chi connectivity index (χ3n) is 2.57. The molecule has 0 aromatic heterocycles. The molecule has 1 unspecified atom stereocenters. The number of aryl methyl sites for hydroxylation is 1. The molecule has 0 heterocycles. The van der Waals surface area contributed by atoms with Gasteiger partial charge >= 0.3 is 0 Å². The molecule has 0 saturated carbocycles. The number of aliphatic hydroxyl groups excluding tert-OH is 1. The maximum atomic E-state index is 12.9. The number of hydrogen-bond acceptors (Lipinski definition) is 3. The fraction of sp³-hybridized carbons (Fsp3) is 0.538. The molecular weight excluding hydrogens is 221 g/mol. The minimum absolute atomic E-state index is 0.0563. The van der Waals surface area contributed by atoms with Crippen LogP contribution in [0.1, 0.15) is 18.9 Å². The number of aliphatic hydroxyl groups is 1. The van der Waals surface area contributed by atoms with Gasteiger partial charge < -0.3 is 15.2 Å². The van der Waals surface area contributed by atoms with E-state index in [-0.39, 0.29) is 18.5 Å². The molecule has 0 amide bonds. The predicted molar refractivity (Wildman–Crippen MR) is 65.8 cm³/mol. The van der Waals surface area contributed by atoms with Crippen molar-refractivity contribution in [3.63, 3.8) is 0 Å². The van der Waals surface area contributed by atoms with Gasteiger partial charge in [-0.1, -0.05) is 6.92 Å². The molecule has 4 heteroatoms. The van der Waals surface area contributed by atoms with E-state index in [2.05, 4.69) is 5.32 Å². The van der Waals surface area contributed by atoms with Crippen molar-refractivity contribution >= 4 is 0 Å². The smallest absolute Gasteiger partial charge is 0.123 e. The summed E-state index contributed by atoms with van der Waals surface area (Å²) in [6, 6.07) is 4.52. The maximum Gasteiger partial charge on any atom is 0.123 e. The Morgan fingerprint density at radius 3 is 2.82 bits per heavy atom. The minimum Gasteiger partial charge on any atom is -0.493 e. The Hall–Kier alpha value is -1.13. The van der Waals surface area contributed by atoms with Crippen molar-refractivity contribution in [1.82, 2.24) is 5.32 Å². The van der Waals surface area contributed by atoms with Gasteiger partial charge in [0.05, 0.1) is 13.2 Å². The number of likely N-dealkylation sites (N-methyl/N-ethyl adjacent to an activating group) is 1. The van der Waals surface area contributed by atoms with Gasteiger partial charge in [0.15, 0.2) is 0 Å². The summed E-state index contributed by atoms with van der Waals surface area (Å²) in [5.41, 5.74) is 0.786. The minimum atomic E-state index is -0.254. The lowest BCUT2D eigenvalue weighted by molar-refractivity contribution is 0.209. The number of nitrogens with one attached hydrogen (secondary N) is 1. The number of ether oxygens (including phenoxy) is 1. The Morgan fingerprint density at radius 2 is 2.24 bits per heavy atom. The first-order chi connectivity index (χ1) is 8.17. The van der Waals surface area contributed by atoms with Crippen LogP contribution in [-0.4, -0.2) is 30.9 Å². The van der Waals surface area contributed by atoms with Crippen molar-refractivity contribution in [3.05, 3.63) is 29.6 Å². The van der Waals surface area contributed by atoms with E-state index in [9.17, 15) is 4.39 Å². The maximum absolute atomic E-state index is 12.9. The number of halogens is 1. The predicted octanol–water partition coefficient (Wildman–Crippen LogP) is 1.87. The second kappa shape index (κ2) is 7.25. The van der Waals surface area contributed by atoms with Gasteiger partial charge in [0.25, 0.3) is 0 Å². The van der Waals surface area contributed by atoms with Crippen LogP contribution in [-0.2, 0) is 0 Å². The average Bonchev–Trinajstić information content (AvgIpc) is 2.30. The molecular formula is C13H20FNO2. The van der Waals surface area contributed by atoms with Crippen molar-refractivity contribution in [2.45, 2.75) is 26.3 Å². The molecule has 1 rings (SSSR count). The molecule has 2 N–H and O–H groups in total. The molecule has 1 aromatic carbocycles. The van der Waals surface area contributed by atoms with Crippen molar-refractivity contribution in [2.75, 3.05) is 19.8 Å². The molecule has 0 aliphatic heterocycles. The first-order valence-corrected chi connectivity index (χ1v) is 5.90. The van der Waals surface area contributed by atoms with Crippen LogP contribution in [0.5, 0.6) is 5.75 Å². The van der Waals surface area contributed by atoms with Gasteiger partial charge in [0.2, 0.25) is 0 Å². The van der Waals surface area contributed by atoms with Gasteiger partial charge in [-0.3, -0.25) is 0 Å². The van der Waals surface area contributed by atoms with Crippen LogP contribution in [0.3, 0.4) is 0 Å². The molecule has 96 valence electrons. The van der Waals surface area contributed by atoms with Crippen LogP contribution in [0.2, 0.25) is 0 Å². The first-order valence-electron chi connectivity index (χ1n) is 5.90. The van der Waals surface area contributed by atoms with Crippen LogP contribution in [0, 0.1) is 12.7 Å². The van der Waals surface area contributed by atoms with E-state index < -0.39 is 0 Å². The second-order valence-electron chi connectivity index (χ2n) is 3.98. The molecule has 1 aromatic rings. The van der Waals surface area contributed by atoms with Crippen LogP contribution in [0.15, 0.2) is 18.2 Å². The van der Waals surface area contributed by atoms with Gasteiger partial charge in [-0.2, -0.15) is 0 Å². The van der Waals surface area contributed by atoms with Crippen molar-refractivity contribution in [3.8, 4) is 5.75 Å². The van der Waals surface area contributed by atoms with Crippen LogP contribution in [0.25, 0.3) is 0 Å². The number of hydrogen-bond donors (Lipinski definition) is 2. The highest BCUT2D eigenvalue weighted by Gasteiger charge is 2.06. The molecule has 0 aliphatic rings. The van der Waals surface area contributed by atoms with Crippen molar-refractivity contribution < 1.29 is 14.2 Å².